The molecule has 0 spiro atoms. The second-order valence-electron chi connectivity index (χ2n) is 0.671. The van der Waals surface area contributed by atoms with Crippen LogP contribution in [0.15, 0.2) is 0 Å². The third-order valence-electron chi connectivity index (χ3n) is 0. The number of hydrogen-bond donors (Lipinski definition) is 0. The first-order valence-electron chi connectivity index (χ1n) is 1.28. The zero-order valence-corrected chi connectivity index (χ0v) is 13.1. The van der Waals surface area contributed by atoms with E-state index in [9.17, 15) is 0 Å². The van der Waals surface area contributed by atoms with Crippen LogP contribution in [0.1, 0.15) is 0 Å². The summed E-state index contributed by atoms with van der Waals surface area (Å²) < 4.78 is 8.55. The summed E-state index contributed by atoms with van der Waals surface area (Å²) in [5, 5.41) is 14.8. The van der Waals surface area contributed by atoms with E-state index in [-0.39, 0.29) is 71.2 Å². The Kier molecular flexibility index (Phi) is 24.4. The van der Waals surface area contributed by atoms with Gasteiger partial charge in [-0.15, -0.1) is 0 Å². The largest absolute Gasteiger partial charge is 3.00 e. The predicted octanol–water partition coefficient (Wildman–Crippen LogP) is -3.06. The monoisotopic (exact) mass is 435 g/mol. The number of hydrogen-bond acceptors (Lipinski definition) is 7. The molecule has 0 aliphatic heterocycles. The molecule has 0 saturated carbocycles. The van der Waals surface area contributed by atoms with Crippen LogP contribution < -0.4 is 14.7 Å². The summed E-state index contributed by atoms with van der Waals surface area (Å²) in [7, 11) is -5.39. The average Bonchev–Trinajstić information content (AvgIpc) is 1.19. The molecule has 0 aromatic rings. The van der Waals surface area contributed by atoms with E-state index in [1.807, 2.05) is 0 Å². The van der Waals surface area contributed by atoms with E-state index in [0.717, 1.165) is 0 Å². The van der Waals surface area contributed by atoms with Crippen LogP contribution in [0.5, 0.6) is 0 Å². The molecule has 0 saturated heterocycles. The molecule has 0 fully saturated rings. The molecule has 0 bridgehead atoms. The molecule has 0 N–H and O–H groups in total. The van der Waals surface area contributed by atoms with E-state index in [4.69, 9.17) is 34.6 Å². The number of nitrogens with zero attached hydrogens (tertiary/aromatic N) is 1. The van der Waals surface area contributed by atoms with E-state index in [2.05, 4.69) is 0 Å². The van der Waals surface area contributed by atoms with Gasteiger partial charge in [0, 0.05) is 0 Å². The van der Waals surface area contributed by atoms with Gasteiger partial charge < -0.3 is 34.6 Å². The summed E-state index contributed by atoms with van der Waals surface area (Å²) in [6, 6.07) is 0. The quantitative estimate of drug-likeness (QED) is 0.223. The normalized spacial score (nSPS) is 7.55. The maximum Gasteiger partial charge on any atom is 3.00 e. The SMILES string of the molecule is O=P([O-])([O-])[O-].O=[N+]([O-])[O-].[La+3].[La+3]. The zero-order chi connectivity index (χ0) is 8.08. The van der Waals surface area contributed by atoms with Crippen molar-refractivity contribution in [3.8, 4) is 0 Å². The maximum absolute atomic E-state index is 8.55. The summed E-state index contributed by atoms with van der Waals surface area (Å²) in [6.07, 6.45) is 0. The van der Waals surface area contributed by atoms with Crippen molar-refractivity contribution < 1.29 is 95.5 Å². The van der Waals surface area contributed by atoms with E-state index in [1.54, 1.807) is 0 Å². The molecule has 0 atom stereocenters. The number of phosphoric acid groups is 1. The standard InChI is InChI=1S/2La.NO3.H3O4P/c;;2-1(3)4;1-5(2,3)4/h;;;(H3,1,2,3,4)/q2*+3;-1;/p-3. The smallest absolute Gasteiger partial charge is 0.822 e. The minimum Gasteiger partial charge on any atom is -0.822 e. The van der Waals surface area contributed by atoms with E-state index in [0.29, 0.717) is 0 Å². The molecule has 8 nitrogen and oxygen atoms in total. The molecule has 0 amide bonds. The zero-order valence-electron chi connectivity index (χ0n) is 4.91. The summed E-state index contributed by atoms with van der Waals surface area (Å²) in [5.41, 5.74) is 0. The molecule has 0 rings (SSSR count). The van der Waals surface area contributed by atoms with Crippen LogP contribution in [0.2, 0.25) is 0 Å². The predicted molar refractivity (Wildman–Crippen MR) is 18.0 cm³/mol. The molecule has 0 aromatic carbocycles. The molecule has 0 unspecified atom stereocenters. The van der Waals surface area contributed by atoms with Crippen molar-refractivity contribution in [2.75, 3.05) is 0 Å². The molecule has 11 heavy (non-hydrogen) atoms. The van der Waals surface area contributed by atoms with Crippen LogP contribution in [-0.4, -0.2) is 5.09 Å². The molecular formula is La2NO7P+2. The van der Waals surface area contributed by atoms with Crippen LogP contribution in [0.25, 0.3) is 0 Å². The summed E-state index contributed by atoms with van der Waals surface area (Å²) in [5.74, 6) is 0. The van der Waals surface area contributed by atoms with Gasteiger partial charge in [0.1, 0.15) is 0 Å². The van der Waals surface area contributed by atoms with Crippen LogP contribution in [0.4, 0.5) is 0 Å². The average molecular weight is 435 g/mol. The molecule has 0 radical (unpaired) electrons. The first kappa shape index (κ1) is 23.0. The Morgan fingerprint density at radius 3 is 1.00 bits per heavy atom. The fourth-order valence-corrected chi connectivity index (χ4v) is 0. The fourth-order valence-electron chi connectivity index (χ4n) is 0. The third kappa shape index (κ3) is 381. The first-order valence-corrected chi connectivity index (χ1v) is 2.74. The maximum atomic E-state index is 8.55. The summed E-state index contributed by atoms with van der Waals surface area (Å²) >= 11 is 0. The molecule has 0 aliphatic rings. The van der Waals surface area contributed by atoms with Crippen molar-refractivity contribution in [1.29, 1.82) is 0 Å². The Labute approximate surface area is 117 Å². The van der Waals surface area contributed by atoms with Crippen molar-refractivity contribution in [1.82, 2.24) is 0 Å². The van der Waals surface area contributed by atoms with E-state index in [1.165, 1.54) is 0 Å². The fraction of sp³-hybridized carbons (Fsp3) is 0. The molecule has 56 valence electrons. The second-order valence-corrected chi connectivity index (χ2v) is 1.57. The third-order valence-corrected chi connectivity index (χ3v) is 0. The van der Waals surface area contributed by atoms with Gasteiger partial charge in [-0.05, 0) is 0 Å². The van der Waals surface area contributed by atoms with E-state index < -0.39 is 12.9 Å². The van der Waals surface area contributed by atoms with Gasteiger partial charge in [0.25, 0.3) is 0 Å². The topological polar surface area (TPSA) is 152 Å². The van der Waals surface area contributed by atoms with Gasteiger partial charge in [-0.2, -0.15) is 7.82 Å². The minimum absolute atomic E-state index is 0. The summed E-state index contributed by atoms with van der Waals surface area (Å²) in [6.45, 7) is 0. The molecule has 0 aromatic heterocycles. The first-order chi connectivity index (χ1) is 3.73. The van der Waals surface area contributed by atoms with Gasteiger partial charge in [-0.1, -0.05) is 0 Å². The van der Waals surface area contributed by atoms with Gasteiger partial charge in [0.15, 0.2) is 0 Å². The Balaban J connectivity index is -0.0000000383. The molecule has 0 aliphatic carbocycles. The molecule has 11 heteroatoms. The van der Waals surface area contributed by atoms with Gasteiger partial charge >= 0.3 is 71.2 Å². The van der Waals surface area contributed by atoms with Crippen molar-refractivity contribution in [3.63, 3.8) is 0 Å². The van der Waals surface area contributed by atoms with Crippen LogP contribution in [0.3, 0.4) is 0 Å². The Morgan fingerprint density at radius 1 is 1.00 bits per heavy atom. The second kappa shape index (κ2) is 11.7. The summed E-state index contributed by atoms with van der Waals surface area (Å²) in [4.78, 5) is 33.9. The Morgan fingerprint density at radius 2 is 1.00 bits per heavy atom. The van der Waals surface area contributed by atoms with Crippen molar-refractivity contribution in [3.05, 3.63) is 15.3 Å². The number of rotatable bonds is 0. The van der Waals surface area contributed by atoms with Gasteiger partial charge in [0.05, 0.1) is 5.09 Å². The molecule has 0 heterocycles. The molecular weight excluding hydrogens is 435 g/mol. The van der Waals surface area contributed by atoms with Crippen LogP contribution in [0, 0.1) is 86.5 Å². The Hall–Kier alpha value is 1.70. The van der Waals surface area contributed by atoms with Crippen LogP contribution in [-0.2, 0) is 4.57 Å². The van der Waals surface area contributed by atoms with Gasteiger partial charge in [0.2, 0.25) is 0 Å². The minimum atomic E-state index is -5.39. The van der Waals surface area contributed by atoms with Gasteiger partial charge in [-0.3, -0.25) is 0 Å². The van der Waals surface area contributed by atoms with Gasteiger partial charge in [-0.25, -0.2) is 0 Å². The Bertz CT molecular complexity index is 116. The van der Waals surface area contributed by atoms with Crippen LogP contribution >= 0.6 is 7.82 Å². The van der Waals surface area contributed by atoms with E-state index >= 15 is 0 Å². The van der Waals surface area contributed by atoms with Crippen molar-refractivity contribution in [2.45, 2.75) is 0 Å². The van der Waals surface area contributed by atoms with Crippen molar-refractivity contribution >= 4 is 7.82 Å². The van der Waals surface area contributed by atoms with Crippen molar-refractivity contribution in [2.24, 2.45) is 0 Å².